The quantitative estimate of drug-likeness (QED) is 0.429. The predicted octanol–water partition coefficient (Wildman–Crippen LogP) is 9.98. The van der Waals surface area contributed by atoms with Crippen LogP contribution < -0.4 is 0 Å². The molecule has 4 rings (SSSR count). The molecule has 0 aromatic heterocycles. The minimum absolute atomic E-state index is 0.696. The Kier molecular flexibility index (Phi) is 23.6. The van der Waals surface area contributed by atoms with Gasteiger partial charge in [-0.15, -0.1) is 0 Å². The highest BCUT2D eigenvalue weighted by molar-refractivity contribution is 5.40. The number of fused-ring (bicyclic) bond motifs is 5. The second-order valence-corrected chi connectivity index (χ2v) is 7.65. The molecule has 1 nitrogen and oxygen atoms in total. The van der Waals surface area contributed by atoms with Gasteiger partial charge in [0.05, 0.1) is 0 Å². The number of rotatable bonds is 0. The first kappa shape index (κ1) is 34.8. The fourth-order valence-electron chi connectivity index (χ4n) is 5.85. The van der Waals surface area contributed by atoms with Gasteiger partial charge in [0.2, 0.25) is 0 Å². The van der Waals surface area contributed by atoms with Gasteiger partial charge in [-0.25, -0.2) is 0 Å². The van der Waals surface area contributed by atoms with Crippen molar-refractivity contribution in [1.82, 2.24) is 0 Å². The molecule has 186 valence electrons. The van der Waals surface area contributed by atoms with E-state index in [0.29, 0.717) is 5.41 Å². The Balaban J connectivity index is -0.000000571. The Morgan fingerprint density at radius 1 is 0.774 bits per heavy atom. The van der Waals surface area contributed by atoms with Gasteiger partial charge >= 0.3 is 0 Å². The van der Waals surface area contributed by atoms with Crippen LogP contribution in [0.1, 0.15) is 137 Å². The number of hydrogen-bond donors (Lipinski definition) is 1. The van der Waals surface area contributed by atoms with Gasteiger partial charge in [0.1, 0.15) is 0 Å². The van der Waals surface area contributed by atoms with E-state index in [-0.39, 0.29) is 0 Å². The molecule has 0 saturated heterocycles. The zero-order valence-electron chi connectivity index (χ0n) is 23.9. The third-order valence-electron chi connectivity index (χ3n) is 6.75. The largest absolute Gasteiger partial charge is 0.400 e. The summed E-state index contributed by atoms with van der Waals surface area (Å²) in [6, 6.07) is 6.99. The highest BCUT2D eigenvalue weighted by Gasteiger charge is 2.50. The Bertz CT molecular complexity index is 507. The molecule has 0 heterocycles. The van der Waals surface area contributed by atoms with Crippen molar-refractivity contribution < 1.29 is 5.11 Å². The maximum absolute atomic E-state index is 7.00. The van der Waals surface area contributed by atoms with Crippen LogP contribution in [0.5, 0.6) is 0 Å². The topological polar surface area (TPSA) is 20.2 Å². The molecule has 0 radical (unpaired) electrons. The van der Waals surface area contributed by atoms with Crippen LogP contribution >= 0.6 is 0 Å². The van der Waals surface area contributed by atoms with E-state index in [1.807, 2.05) is 69.2 Å². The molecule has 4 unspecified atom stereocenters. The zero-order chi connectivity index (χ0) is 25.0. The van der Waals surface area contributed by atoms with Crippen LogP contribution in [0, 0.1) is 24.2 Å². The van der Waals surface area contributed by atoms with Gasteiger partial charge in [-0.1, -0.05) is 101 Å². The monoisotopic (exact) mass is 436 g/mol. The van der Waals surface area contributed by atoms with Crippen LogP contribution in [-0.2, 0) is 6.42 Å². The number of hydrogen-bond acceptors (Lipinski definition) is 1. The van der Waals surface area contributed by atoms with Crippen LogP contribution in [0.3, 0.4) is 0 Å². The SMILES string of the molecule is CC.CC.CC.CC.CC.CO.Cc1cccc2c1C1CCC3(C)CCCC3C1CC2. The summed E-state index contributed by atoms with van der Waals surface area (Å²) in [6.45, 7) is 24.9. The molecule has 0 amide bonds. The second kappa shape index (κ2) is 21.0. The molecule has 0 bridgehead atoms. The molecule has 2 fully saturated rings. The minimum Gasteiger partial charge on any atom is -0.400 e. The molecule has 3 aliphatic carbocycles. The molecular formula is C30H60O. The molecule has 1 aromatic carbocycles. The maximum Gasteiger partial charge on any atom is 0.0319 e. The Labute approximate surface area is 198 Å². The summed E-state index contributed by atoms with van der Waals surface area (Å²) >= 11 is 0. The standard InChI is InChI=1S/C19H26.5C2H6.CH4O/c1-13-5-3-6-14-8-9-15-16(18(13)14)10-12-19(2)11-4-7-17(15)19;6*1-2/h3,5-6,15-17H,4,7-12H2,1-2H3;5*1-2H3;2H,1H3. The molecule has 31 heavy (non-hydrogen) atoms. The average molecular weight is 437 g/mol. The van der Waals surface area contributed by atoms with Crippen molar-refractivity contribution in [2.45, 2.75) is 134 Å². The maximum atomic E-state index is 7.00. The summed E-state index contributed by atoms with van der Waals surface area (Å²) in [5, 5.41) is 7.00. The van der Waals surface area contributed by atoms with Crippen molar-refractivity contribution in [2.75, 3.05) is 7.11 Å². The summed E-state index contributed by atoms with van der Waals surface area (Å²) < 4.78 is 0. The van der Waals surface area contributed by atoms with Crippen molar-refractivity contribution >= 4 is 0 Å². The van der Waals surface area contributed by atoms with Crippen LogP contribution in [-0.4, -0.2) is 12.2 Å². The summed E-state index contributed by atoms with van der Waals surface area (Å²) in [5.74, 6) is 2.91. The van der Waals surface area contributed by atoms with E-state index in [9.17, 15) is 0 Å². The third-order valence-corrected chi connectivity index (χ3v) is 6.75. The van der Waals surface area contributed by atoms with Crippen molar-refractivity contribution in [2.24, 2.45) is 17.3 Å². The molecule has 0 spiro atoms. The number of aliphatic hydroxyl groups is 1. The van der Waals surface area contributed by atoms with Crippen molar-refractivity contribution in [3.8, 4) is 0 Å². The zero-order valence-corrected chi connectivity index (χ0v) is 23.9. The molecule has 1 N–H and O–H groups in total. The fraction of sp³-hybridized carbons (Fsp3) is 0.800. The lowest BCUT2D eigenvalue weighted by Crippen LogP contribution is -2.39. The minimum atomic E-state index is 0.696. The van der Waals surface area contributed by atoms with E-state index < -0.39 is 0 Å². The summed E-state index contributed by atoms with van der Waals surface area (Å²) in [6.07, 6.45) is 10.2. The van der Waals surface area contributed by atoms with Gasteiger partial charge in [0.15, 0.2) is 0 Å². The average Bonchev–Trinajstić information content (AvgIpc) is 3.28. The van der Waals surface area contributed by atoms with Crippen molar-refractivity contribution in [3.63, 3.8) is 0 Å². The number of benzene rings is 1. The van der Waals surface area contributed by atoms with Crippen LogP contribution in [0.25, 0.3) is 0 Å². The second-order valence-electron chi connectivity index (χ2n) is 7.65. The fourth-order valence-corrected chi connectivity index (χ4v) is 5.85. The van der Waals surface area contributed by atoms with Crippen LogP contribution in [0.2, 0.25) is 0 Å². The van der Waals surface area contributed by atoms with E-state index >= 15 is 0 Å². The van der Waals surface area contributed by atoms with E-state index in [1.165, 1.54) is 44.9 Å². The van der Waals surface area contributed by atoms with Gasteiger partial charge in [0.25, 0.3) is 0 Å². The molecule has 1 heteroatoms. The summed E-state index contributed by atoms with van der Waals surface area (Å²) in [4.78, 5) is 0. The smallest absolute Gasteiger partial charge is 0.0319 e. The summed E-state index contributed by atoms with van der Waals surface area (Å²) in [5.41, 5.74) is 5.69. The highest BCUT2D eigenvalue weighted by atomic mass is 16.2. The van der Waals surface area contributed by atoms with E-state index in [0.717, 1.165) is 24.9 Å². The predicted molar refractivity (Wildman–Crippen MR) is 145 cm³/mol. The van der Waals surface area contributed by atoms with Gasteiger partial charge in [0, 0.05) is 7.11 Å². The Morgan fingerprint density at radius 2 is 1.32 bits per heavy atom. The molecular weight excluding hydrogens is 376 g/mol. The van der Waals surface area contributed by atoms with Gasteiger partial charge in [-0.3, -0.25) is 0 Å². The molecule has 1 aromatic rings. The molecule has 4 atom stereocenters. The lowest BCUT2D eigenvalue weighted by atomic mass is 9.55. The Hall–Kier alpha value is -0.820. The third kappa shape index (κ3) is 8.91. The number of aryl methyl sites for hydroxylation is 2. The van der Waals surface area contributed by atoms with Gasteiger partial charge in [-0.05, 0) is 85.3 Å². The van der Waals surface area contributed by atoms with Crippen molar-refractivity contribution in [1.29, 1.82) is 0 Å². The first-order valence-electron chi connectivity index (χ1n) is 13.7. The highest BCUT2D eigenvalue weighted by Crippen LogP contribution is 2.61. The van der Waals surface area contributed by atoms with Gasteiger partial charge in [-0.2, -0.15) is 0 Å². The normalized spacial score (nSPS) is 25.9. The molecule has 0 aliphatic heterocycles. The number of aliphatic hydroxyl groups excluding tert-OH is 1. The lowest BCUT2D eigenvalue weighted by molar-refractivity contribution is 0.0596. The van der Waals surface area contributed by atoms with E-state index in [1.54, 1.807) is 16.7 Å². The molecule has 3 aliphatic rings. The van der Waals surface area contributed by atoms with E-state index in [2.05, 4.69) is 32.0 Å². The summed E-state index contributed by atoms with van der Waals surface area (Å²) in [7, 11) is 1.00. The van der Waals surface area contributed by atoms with E-state index in [4.69, 9.17) is 5.11 Å². The van der Waals surface area contributed by atoms with Crippen LogP contribution in [0.15, 0.2) is 18.2 Å². The first-order valence-corrected chi connectivity index (χ1v) is 13.7. The molecule has 2 saturated carbocycles. The Morgan fingerprint density at radius 3 is 1.87 bits per heavy atom. The van der Waals surface area contributed by atoms with Crippen molar-refractivity contribution in [3.05, 3.63) is 34.9 Å². The lowest BCUT2D eigenvalue weighted by Gasteiger charge is -2.49. The van der Waals surface area contributed by atoms with Crippen LogP contribution in [0.4, 0.5) is 0 Å². The first-order chi connectivity index (χ1) is 15.2. The van der Waals surface area contributed by atoms with Gasteiger partial charge < -0.3 is 5.11 Å².